The van der Waals surface area contributed by atoms with Gasteiger partial charge in [-0.15, -0.1) is 0 Å². The van der Waals surface area contributed by atoms with Crippen LogP contribution in [0.5, 0.6) is 0 Å². The number of ether oxygens (including phenoxy) is 1. The molecular weight excluding hydrogens is 368 g/mol. The van der Waals surface area contributed by atoms with E-state index in [9.17, 15) is 9.59 Å². The maximum atomic E-state index is 12.4. The maximum Gasteiger partial charge on any atom is 0.330 e. The molecule has 1 aromatic rings. The Morgan fingerprint density at radius 2 is 2.07 bits per heavy atom. The monoisotopic (exact) mass is 399 g/mol. The number of aromatic nitrogens is 2. The van der Waals surface area contributed by atoms with Crippen molar-refractivity contribution in [3.05, 3.63) is 20.8 Å². The van der Waals surface area contributed by atoms with E-state index < -0.39 is 11.2 Å². The number of anilines is 2. The minimum absolute atomic E-state index is 0.155. The standard InChI is InChI=1S/C17H30N6O3S/c1-3-5-7-23-14(18)13(15(24)20-16(23)25)22(4-2)17(27)19-6-8-21-9-11-26-12-10-21/h3-12,18H2,1-2H3,(H,19,27)(H,20,24,25)/p+1. The largest absolute Gasteiger partial charge is 0.383 e. The molecule has 0 atom stereocenters. The van der Waals surface area contributed by atoms with Gasteiger partial charge in [-0.3, -0.25) is 14.3 Å². The van der Waals surface area contributed by atoms with Gasteiger partial charge in [-0.05, 0) is 25.6 Å². The Morgan fingerprint density at radius 1 is 1.37 bits per heavy atom. The molecule has 152 valence electrons. The SMILES string of the molecule is CCCCn1c(N)c(N(CC)C(=S)NCC[NH+]2CCOCC2)c(=O)[nH]c1=O. The van der Waals surface area contributed by atoms with Crippen molar-refractivity contribution in [1.82, 2.24) is 14.9 Å². The molecule has 0 aliphatic carbocycles. The van der Waals surface area contributed by atoms with Crippen molar-refractivity contribution in [2.45, 2.75) is 33.2 Å². The first-order valence-electron chi connectivity index (χ1n) is 9.58. The molecule has 2 rings (SSSR count). The van der Waals surface area contributed by atoms with E-state index in [-0.39, 0.29) is 11.5 Å². The van der Waals surface area contributed by atoms with Crippen molar-refractivity contribution in [2.75, 3.05) is 56.6 Å². The van der Waals surface area contributed by atoms with E-state index in [4.69, 9.17) is 22.7 Å². The minimum Gasteiger partial charge on any atom is -0.383 e. The van der Waals surface area contributed by atoms with Crippen LogP contribution in [0, 0.1) is 0 Å². The first-order valence-corrected chi connectivity index (χ1v) is 9.99. The summed E-state index contributed by atoms with van der Waals surface area (Å²) in [6.45, 7) is 10.0. The molecule has 27 heavy (non-hydrogen) atoms. The van der Waals surface area contributed by atoms with Gasteiger partial charge >= 0.3 is 5.69 Å². The molecule has 0 bridgehead atoms. The highest BCUT2D eigenvalue weighted by molar-refractivity contribution is 7.80. The second kappa shape index (κ2) is 10.4. The predicted molar refractivity (Wildman–Crippen MR) is 111 cm³/mol. The van der Waals surface area contributed by atoms with Gasteiger partial charge in [0.1, 0.15) is 18.9 Å². The van der Waals surface area contributed by atoms with Gasteiger partial charge in [0.25, 0.3) is 5.56 Å². The fourth-order valence-electron chi connectivity index (χ4n) is 3.13. The molecule has 1 aromatic heterocycles. The molecule has 5 N–H and O–H groups in total. The van der Waals surface area contributed by atoms with Crippen LogP contribution in [0.1, 0.15) is 26.7 Å². The number of hydrogen-bond acceptors (Lipinski definition) is 5. The molecule has 1 aliphatic rings. The Kier molecular flexibility index (Phi) is 8.26. The lowest BCUT2D eigenvalue weighted by Gasteiger charge is -2.27. The van der Waals surface area contributed by atoms with Crippen molar-refractivity contribution in [3.63, 3.8) is 0 Å². The smallest absolute Gasteiger partial charge is 0.330 e. The van der Waals surface area contributed by atoms with Crippen LogP contribution in [0.3, 0.4) is 0 Å². The van der Waals surface area contributed by atoms with Crippen LogP contribution in [0.2, 0.25) is 0 Å². The highest BCUT2D eigenvalue weighted by Gasteiger charge is 2.21. The summed E-state index contributed by atoms with van der Waals surface area (Å²) < 4.78 is 6.77. The minimum atomic E-state index is -0.518. The Morgan fingerprint density at radius 3 is 2.70 bits per heavy atom. The first kappa shape index (κ1) is 21.4. The van der Waals surface area contributed by atoms with Crippen molar-refractivity contribution in [2.24, 2.45) is 0 Å². The summed E-state index contributed by atoms with van der Waals surface area (Å²) in [5, 5.41) is 3.64. The van der Waals surface area contributed by atoms with Gasteiger partial charge in [-0.1, -0.05) is 13.3 Å². The topological polar surface area (TPSA) is 110 Å². The second-order valence-electron chi connectivity index (χ2n) is 6.59. The lowest BCUT2D eigenvalue weighted by molar-refractivity contribution is -0.906. The van der Waals surface area contributed by atoms with Gasteiger partial charge < -0.3 is 25.6 Å². The highest BCUT2D eigenvalue weighted by atomic mass is 32.1. The van der Waals surface area contributed by atoms with Gasteiger partial charge in [-0.25, -0.2) is 4.79 Å². The zero-order valence-corrected chi connectivity index (χ0v) is 17.0. The van der Waals surface area contributed by atoms with Crippen LogP contribution in [0.4, 0.5) is 11.5 Å². The number of morpholine rings is 1. The van der Waals surface area contributed by atoms with Crippen LogP contribution in [0.25, 0.3) is 0 Å². The molecule has 10 heteroatoms. The fourth-order valence-corrected chi connectivity index (χ4v) is 3.45. The molecule has 1 saturated heterocycles. The summed E-state index contributed by atoms with van der Waals surface area (Å²) in [4.78, 5) is 30.0. The van der Waals surface area contributed by atoms with Gasteiger partial charge in [0.05, 0.1) is 26.3 Å². The molecule has 0 spiro atoms. The van der Waals surface area contributed by atoms with Gasteiger partial charge in [0.2, 0.25) is 0 Å². The molecule has 9 nitrogen and oxygen atoms in total. The van der Waals surface area contributed by atoms with Crippen LogP contribution < -0.4 is 32.1 Å². The van der Waals surface area contributed by atoms with Crippen molar-refractivity contribution in [3.8, 4) is 0 Å². The van der Waals surface area contributed by atoms with Crippen LogP contribution in [-0.4, -0.2) is 60.6 Å². The Bertz CT molecular complexity index is 741. The zero-order chi connectivity index (χ0) is 19.8. The predicted octanol–water partition coefficient (Wildman–Crippen LogP) is -1.47. The molecule has 2 heterocycles. The average Bonchev–Trinajstić information content (AvgIpc) is 2.65. The molecule has 0 radical (unpaired) electrons. The maximum absolute atomic E-state index is 12.4. The molecule has 0 saturated carbocycles. The van der Waals surface area contributed by atoms with Crippen LogP contribution in [0.15, 0.2) is 9.59 Å². The van der Waals surface area contributed by atoms with E-state index in [1.54, 1.807) is 4.90 Å². The molecule has 0 amide bonds. The van der Waals surface area contributed by atoms with E-state index in [0.29, 0.717) is 24.7 Å². The number of quaternary nitrogens is 1. The third kappa shape index (κ3) is 5.53. The molecule has 0 unspecified atom stereocenters. The summed E-state index contributed by atoms with van der Waals surface area (Å²) in [6, 6.07) is 0. The number of H-pyrrole nitrogens is 1. The van der Waals surface area contributed by atoms with Gasteiger partial charge in [0.15, 0.2) is 10.8 Å². The lowest BCUT2D eigenvalue weighted by atomic mass is 10.3. The quantitative estimate of drug-likeness (QED) is 0.395. The van der Waals surface area contributed by atoms with Crippen LogP contribution >= 0.6 is 12.2 Å². The van der Waals surface area contributed by atoms with Crippen molar-refractivity contribution in [1.29, 1.82) is 0 Å². The Balaban J connectivity index is 2.11. The first-order chi connectivity index (χ1) is 13.0. The number of nitrogens with one attached hydrogen (secondary N) is 3. The van der Waals surface area contributed by atoms with E-state index in [1.165, 1.54) is 9.47 Å². The summed E-state index contributed by atoms with van der Waals surface area (Å²) in [7, 11) is 0. The number of aromatic amines is 1. The number of nitrogens with two attached hydrogens (primary N) is 1. The summed E-state index contributed by atoms with van der Waals surface area (Å²) >= 11 is 5.49. The second-order valence-corrected chi connectivity index (χ2v) is 6.97. The van der Waals surface area contributed by atoms with Crippen LogP contribution in [-0.2, 0) is 11.3 Å². The third-order valence-corrected chi connectivity index (χ3v) is 5.10. The molecule has 0 aromatic carbocycles. The van der Waals surface area contributed by atoms with Gasteiger partial charge in [0, 0.05) is 13.1 Å². The zero-order valence-electron chi connectivity index (χ0n) is 16.2. The Labute approximate surface area is 164 Å². The van der Waals surface area contributed by atoms with E-state index in [0.717, 1.165) is 45.7 Å². The summed E-state index contributed by atoms with van der Waals surface area (Å²) in [5.41, 5.74) is 5.40. The van der Waals surface area contributed by atoms with Crippen molar-refractivity contribution < 1.29 is 9.64 Å². The number of thiocarbonyl (C=S) groups is 1. The van der Waals surface area contributed by atoms with E-state index >= 15 is 0 Å². The summed E-state index contributed by atoms with van der Waals surface area (Å²) in [6.07, 6.45) is 1.72. The lowest BCUT2D eigenvalue weighted by Crippen LogP contribution is -3.14. The number of nitrogen functional groups attached to an aromatic ring is 1. The number of unbranched alkanes of at least 4 members (excludes halogenated alkanes) is 1. The fraction of sp³-hybridized carbons (Fsp3) is 0.706. The van der Waals surface area contributed by atoms with E-state index in [1.807, 2.05) is 13.8 Å². The third-order valence-electron chi connectivity index (χ3n) is 4.74. The average molecular weight is 400 g/mol. The van der Waals surface area contributed by atoms with E-state index in [2.05, 4.69) is 10.3 Å². The number of nitrogens with zero attached hydrogens (tertiary/aromatic N) is 2. The number of rotatable bonds is 8. The normalized spacial score (nSPS) is 14.9. The molecule has 1 aliphatic heterocycles. The van der Waals surface area contributed by atoms with Gasteiger partial charge in [-0.2, -0.15) is 0 Å². The van der Waals surface area contributed by atoms with Crippen molar-refractivity contribution >= 4 is 28.8 Å². The highest BCUT2D eigenvalue weighted by Crippen LogP contribution is 2.17. The summed E-state index contributed by atoms with van der Waals surface area (Å²) in [5.74, 6) is 0.155. The molecular formula is C17H31N6O3S+. The number of hydrogen-bond donors (Lipinski definition) is 4. The molecule has 1 fully saturated rings. The Hall–Kier alpha value is -1.91.